The van der Waals surface area contributed by atoms with Gasteiger partial charge in [0, 0.05) is 29.3 Å². The molecule has 0 radical (unpaired) electrons. The average molecular weight is 382 g/mol. The molecule has 0 atom stereocenters. The predicted octanol–water partition coefficient (Wildman–Crippen LogP) is 4.87. The highest BCUT2D eigenvalue weighted by Gasteiger charge is 2.21. The molecule has 0 spiro atoms. The maximum atomic E-state index is 13.4. The zero-order valence-corrected chi connectivity index (χ0v) is 16.9. The lowest BCUT2D eigenvalue weighted by molar-refractivity contribution is 0.415. The number of ether oxygens (including phenoxy) is 1. The Kier molecular flexibility index (Phi) is 5.62. The summed E-state index contributed by atoms with van der Waals surface area (Å²) in [4.78, 5) is 20.1. The van der Waals surface area contributed by atoms with Gasteiger partial charge in [-0.15, -0.1) is 11.3 Å². The molecule has 27 heavy (non-hydrogen) atoms. The minimum absolute atomic E-state index is 0.0243. The average Bonchev–Trinajstić information content (AvgIpc) is 2.99. The van der Waals surface area contributed by atoms with Gasteiger partial charge in [-0.2, -0.15) is 5.26 Å². The van der Waals surface area contributed by atoms with Gasteiger partial charge in [-0.3, -0.25) is 9.36 Å². The number of aryl methyl sites for hydroxylation is 1. The van der Waals surface area contributed by atoms with E-state index in [1.165, 1.54) is 0 Å². The molecule has 0 saturated carbocycles. The Hall–Kier alpha value is -2.65. The molecule has 0 unspecified atom stereocenters. The van der Waals surface area contributed by atoms with Crippen LogP contribution in [-0.4, -0.2) is 16.7 Å². The Bertz CT molecular complexity index is 1070. The minimum atomic E-state index is -0.0243. The number of nitrogens with zero attached hydrogens (tertiary/aromatic N) is 3. The monoisotopic (exact) mass is 381 g/mol. The van der Waals surface area contributed by atoms with Gasteiger partial charge in [0.1, 0.15) is 16.4 Å². The van der Waals surface area contributed by atoms with E-state index in [2.05, 4.69) is 6.07 Å². The third-order valence-corrected chi connectivity index (χ3v) is 5.56. The number of thiophene rings is 1. The second-order valence-electron chi connectivity index (χ2n) is 6.79. The quantitative estimate of drug-likeness (QED) is 0.571. The molecular formula is C21H23N3O2S. The van der Waals surface area contributed by atoms with Crippen LogP contribution in [0.5, 0.6) is 5.75 Å². The van der Waals surface area contributed by atoms with Crippen LogP contribution in [-0.2, 0) is 6.54 Å². The summed E-state index contributed by atoms with van der Waals surface area (Å²) in [6, 6.07) is 9.91. The molecule has 0 saturated heterocycles. The summed E-state index contributed by atoms with van der Waals surface area (Å²) >= 11 is 1.55. The fourth-order valence-corrected chi connectivity index (χ4v) is 4.35. The van der Waals surface area contributed by atoms with Crippen molar-refractivity contribution in [1.29, 1.82) is 5.26 Å². The van der Waals surface area contributed by atoms with Crippen molar-refractivity contribution in [2.45, 2.75) is 46.1 Å². The Labute approximate surface area is 162 Å². The number of hydrogen-bond donors (Lipinski definition) is 0. The van der Waals surface area contributed by atoms with Crippen molar-refractivity contribution in [3.05, 3.63) is 45.3 Å². The van der Waals surface area contributed by atoms with Gasteiger partial charge in [-0.05, 0) is 31.0 Å². The molecule has 3 aromatic rings. The topological polar surface area (TPSA) is 67.9 Å². The van der Waals surface area contributed by atoms with E-state index in [1.807, 2.05) is 45.0 Å². The standard InChI is InChI=1S/C21H23N3O2S/c1-13(2)19-23-20-18(21(25)24(19)11-6-5-10-22)17(14(3)27-20)15-8-7-9-16(12-15)26-4/h7-9,12-13H,5-6,11H2,1-4H3. The van der Waals surface area contributed by atoms with E-state index in [4.69, 9.17) is 15.0 Å². The van der Waals surface area contributed by atoms with Gasteiger partial charge >= 0.3 is 0 Å². The van der Waals surface area contributed by atoms with Crippen LogP contribution in [0.3, 0.4) is 0 Å². The molecular weight excluding hydrogens is 358 g/mol. The van der Waals surface area contributed by atoms with Gasteiger partial charge < -0.3 is 4.74 Å². The molecule has 0 aliphatic rings. The molecule has 140 valence electrons. The van der Waals surface area contributed by atoms with E-state index in [1.54, 1.807) is 23.0 Å². The molecule has 5 nitrogen and oxygen atoms in total. The number of rotatable bonds is 6. The van der Waals surface area contributed by atoms with E-state index < -0.39 is 0 Å². The zero-order chi connectivity index (χ0) is 19.6. The number of hydrogen-bond acceptors (Lipinski definition) is 5. The summed E-state index contributed by atoms with van der Waals surface area (Å²) in [5.74, 6) is 1.67. The lowest BCUT2D eigenvalue weighted by Gasteiger charge is -2.15. The van der Waals surface area contributed by atoms with Gasteiger partial charge in [-0.1, -0.05) is 26.0 Å². The van der Waals surface area contributed by atoms with E-state index >= 15 is 0 Å². The van der Waals surface area contributed by atoms with Gasteiger partial charge in [0.2, 0.25) is 0 Å². The second kappa shape index (κ2) is 7.93. The normalized spacial score (nSPS) is 11.1. The molecule has 0 N–H and O–H groups in total. The van der Waals surface area contributed by atoms with Crippen molar-refractivity contribution in [3.8, 4) is 22.9 Å². The Morgan fingerprint density at radius 1 is 1.37 bits per heavy atom. The number of benzene rings is 1. The van der Waals surface area contributed by atoms with Crippen LogP contribution in [0.15, 0.2) is 29.1 Å². The molecule has 3 rings (SSSR count). The van der Waals surface area contributed by atoms with Crippen molar-refractivity contribution in [1.82, 2.24) is 9.55 Å². The number of methoxy groups -OCH3 is 1. The minimum Gasteiger partial charge on any atom is -0.497 e. The molecule has 0 amide bonds. The Morgan fingerprint density at radius 3 is 2.81 bits per heavy atom. The molecule has 0 aliphatic heterocycles. The van der Waals surface area contributed by atoms with Crippen LogP contribution in [0.4, 0.5) is 0 Å². The molecule has 1 aromatic carbocycles. The number of fused-ring (bicyclic) bond motifs is 1. The van der Waals surface area contributed by atoms with Crippen LogP contribution >= 0.6 is 11.3 Å². The van der Waals surface area contributed by atoms with Crippen LogP contribution in [0.2, 0.25) is 0 Å². The van der Waals surface area contributed by atoms with Crippen molar-refractivity contribution in [3.63, 3.8) is 0 Å². The third-order valence-electron chi connectivity index (χ3n) is 4.56. The third kappa shape index (κ3) is 3.60. The highest BCUT2D eigenvalue weighted by molar-refractivity contribution is 7.19. The van der Waals surface area contributed by atoms with E-state index in [9.17, 15) is 4.79 Å². The maximum absolute atomic E-state index is 13.4. The first-order valence-electron chi connectivity index (χ1n) is 9.03. The fraction of sp³-hybridized carbons (Fsp3) is 0.381. The smallest absolute Gasteiger partial charge is 0.262 e. The molecule has 6 heteroatoms. The lowest BCUT2D eigenvalue weighted by atomic mass is 10.0. The summed E-state index contributed by atoms with van der Waals surface area (Å²) < 4.78 is 7.10. The maximum Gasteiger partial charge on any atom is 0.262 e. The Balaban J connectivity index is 2.27. The first-order valence-corrected chi connectivity index (χ1v) is 9.84. The first kappa shape index (κ1) is 19.1. The number of unbranched alkanes of at least 4 members (excludes halogenated alkanes) is 1. The first-order chi connectivity index (χ1) is 13.0. The molecule has 2 aromatic heterocycles. The van der Waals surface area contributed by atoms with E-state index in [0.29, 0.717) is 24.8 Å². The molecule has 0 bridgehead atoms. The van der Waals surface area contributed by atoms with Crippen molar-refractivity contribution < 1.29 is 4.74 Å². The Morgan fingerprint density at radius 2 is 2.15 bits per heavy atom. The summed E-state index contributed by atoms with van der Waals surface area (Å²) in [5.41, 5.74) is 1.86. The highest BCUT2D eigenvalue weighted by Crippen LogP contribution is 2.37. The summed E-state index contributed by atoms with van der Waals surface area (Å²) in [5, 5.41) is 9.51. The fourth-order valence-electron chi connectivity index (χ4n) is 3.31. The van der Waals surface area contributed by atoms with Gasteiger partial charge in [-0.25, -0.2) is 4.98 Å². The second-order valence-corrected chi connectivity index (χ2v) is 7.99. The van der Waals surface area contributed by atoms with Crippen LogP contribution in [0, 0.1) is 18.3 Å². The van der Waals surface area contributed by atoms with E-state index in [0.717, 1.165) is 32.4 Å². The number of nitriles is 1. The molecule has 0 fully saturated rings. The SMILES string of the molecule is COc1cccc(-c2c(C)sc3nc(C(C)C)n(CCCC#N)c(=O)c23)c1. The highest BCUT2D eigenvalue weighted by atomic mass is 32.1. The number of aromatic nitrogens is 2. The van der Waals surface area contributed by atoms with Crippen LogP contribution < -0.4 is 10.3 Å². The van der Waals surface area contributed by atoms with Gasteiger partial charge in [0.25, 0.3) is 5.56 Å². The van der Waals surface area contributed by atoms with Crippen molar-refractivity contribution >= 4 is 21.6 Å². The van der Waals surface area contributed by atoms with Gasteiger partial charge in [0.05, 0.1) is 18.6 Å². The van der Waals surface area contributed by atoms with Crippen molar-refractivity contribution in [2.75, 3.05) is 7.11 Å². The lowest BCUT2D eigenvalue weighted by Crippen LogP contribution is -2.26. The van der Waals surface area contributed by atoms with Gasteiger partial charge in [0.15, 0.2) is 0 Å². The molecule has 0 aliphatic carbocycles. The predicted molar refractivity (Wildman–Crippen MR) is 110 cm³/mol. The summed E-state index contributed by atoms with van der Waals surface area (Å²) in [7, 11) is 1.64. The summed E-state index contributed by atoms with van der Waals surface area (Å²) in [6.45, 7) is 6.61. The van der Waals surface area contributed by atoms with E-state index in [-0.39, 0.29) is 11.5 Å². The molecule has 2 heterocycles. The van der Waals surface area contributed by atoms with Crippen molar-refractivity contribution in [2.24, 2.45) is 0 Å². The zero-order valence-electron chi connectivity index (χ0n) is 16.1. The van der Waals surface area contributed by atoms with Crippen LogP contribution in [0.25, 0.3) is 21.3 Å². The van der Waals surface area contributed by atoms with Crippen LogP contribution in [0.1, 0.15) is 43.3 Å². The summed E-state index contributed by atoms with van der Waals surface area (Å²) in [6.07, 6.45) is 1.06. The largest absolute Gasteiger partial charge is 0.497 e.